The molecule has 0 aliphatic rings. The topological polar surface area (TPSA) is 64.0 Å². The van der Waals surface area contributed by atoms with Crippen molar-refractivity contribution in [2.75, 3.05) is 5.32 Å². The van der Waals surface area contributed by atoms with Crippen molar-refractivity contribution in [3.05, 3.63) is 77.1 Å². The van der Waals surface area contributed by atoms with Gasteiger partial charge in [-0.05, 0) is 62.7 Å². The van der Waals surface area contributed by atoms with Crippen molar-refractivity contribution in [3.8, 4) is 5.69 Å². The highest BCUT2D eigenvalue weighted by atomic mass is 16.1. The molecular weight excluding hydrogens is 314 g/mol. The fraction of sp³-hybridized carbons (Fsp3) is 0.150. The third kappa shape index (κ3) is 3.50. The SMILES string of the molecule is CC(=O)c1ccc(NC(=O)c2cnn(-c3cccc(C)c3)c2C)cc1. The van der Waals surface area contributed by atoms with Crippen LogP contribution in [0, 0.1) is 13.8 Å². The molecule has 126 valence electrons. The van der Waals surface area contributed by atoms with Crippen LogP contribution in [0.4, 0.5) is 5.69 Å². The molecule has 3 rings (SSSR count). The van der Waals surface area contributed by atoms with Gasteiger partial charge in [0.2, 0.25) is 0 Å². The van der Waals surface area contributed by atoms with Crippen molar-refractivity contribution in [1.82, 2.24) is 9.78 Å². The van der Waals surface area contributed by atoms with E-state index < -0.39 is 0 Å². The van der Waals surface area contributed by atoms with Gasteiger partial charge in [-0.15, -0.1) is 0 Å². The Morgan fingerprint density at radius 2 is 1.76 bits per heavy atom. The average molecular weight is 333 g/mol. The number of aromatic nitrogens is 2. The van der Waals surface area contributed by atoms with E-state index in [4.69, 9.17) is 0 Å². The van der Waals surface area contributed by atoms with Gasteiger partial charge in [0.1, 0.15) is 0 Å². The summed E-state index contributed by atoms with van der Waals surface area (Å²) in [7, 11) is 0. The molecule has 1 aromatic heterocycles. The predicted octanol–water partition coefficient (Wildman–Crippen LogP) is 3.94. The lowest BCUT2D eigenvalue weighted by Gasteiger charge is -2.07. The summed E-state index contributed by atoms with van der Waals surface area (Å²) in [5.41, 5.74) is 4.58. The van der Waals surface area contributed by atoms with E-state index in [-0.39, 0.29) is 11.7 Å². The smallest absolute Gasteiger partial charge is 0.259 e. The molecule has 1 amide bonds. The second-order valence-corrected chi connectivity index (χ2v) is 5.98. The van der Waals surface area contributed by atoms with Gasteiger partial charge >= 0.3 is 0 Å². The Morgan fingerprint density at radius 1 is 1.04 bits per heavy atom. The number of anilines is 1. The molecule has 0 aliphatic heterocycles. The Bertz CT molecular complexity index is 940. The fourth-order valence-electron chi connectivity index (χ4n) is 2.64. The summed E-state index contributed by atoms with van der Waals surface area (Å²) in [4.78, 5) is 23.8. The van der Waals surface area contributed by atoms with E-state index >= 15 is 0 Å². The molecule has 5 nitrogen and oxygen atoms in total. The van der Waals surface area contributed by atoms with Crippen LogP contribution >= 0.6 is 0 Å². The third-order valence-electron chi connectivity index (χ3n) is 4.05. The fourth-order valence-corrected chi connectivity index (χ4v) is 2.64. The first-order valence-corrected chi connectivity index (χ1v) is 8.00. The summed E-state index contributed by atoms with van der Waals surface area (Å²) in [5, 5.41) is 7.18. The Hall–Kier alpha value is -3.21. The molecule has 0 radical (unpaired) electrons. The molecule has 0 fully saturated rings. The first kappa shape index (κ1) is 16.6. The van der Waals surface area contributed by atoms with Crippen LogP contribution in [0.25, 0.3) is 5.69 Å². The quantitative estimate of drug-likeness (QED) is 0.735. The molecule has 0 aliphatic carbocycles. The van der Waals surface area contributed by atoms with Gasteiger partial charge in [-0.1, -0.05) is 12.1 Å². The average Bonchev–Trinajstić information content (AvgIpc) is 2.97. The standard InChI is InChI=1S/C20H19N3O2/c1-13-5-4-6-18(11-13)23-14(2)19(12-21-23)20(25)22-17-9-7-16(8-10-17)15(3)24/h4-12H,1-3H3,(H,22,25). The molecule has 0 spiro atoms. The first-order valence-electron chi connectivity index (χ1n) is 8.00. The summed E-state index contributed by atoms with van der Waals surface area (Å²) in [6, 6.07) is 14.8. The summed E-state index contributed by atoms with van der Waals surface area (Å²) >= 11 is 0. The van der Waals surface area contributed by atoms with Gasteiger partial charge in [-0.3, -0.25) is 9.59 Å². The van der Waals surface area contributed by atoms with Crippen LogP contribution < -0.4 is 5.32 Å². The highest BCUT2D eigenvalue weighted by Gasteiger charge is 2.15. The maximum Gasteiger partial charge on any atom is 0.259 e. The number of carbonyl (C=O) groups is 2. The maximum atomic E-state index is 12.5. The van der Waals surface area contributed by atoms with E-state index in [9.17, 15) is 9.59 Å². The van der Waals surface area contributed by atoms with Gasteiger partial charge < -0.3 is 5.32 Å². The van der Waals surface area contributed by atoms with Crippen LogP contribution in [0.15, 0.2) is 54.7 Å². The van der Waals surface area contributed by atoms with Gasteiger partial charge in [0.25, 0.3) is 5.91 Å². The van der Waals surface area contributed by atoms with Crippen LogP contribution in [-0.4, -0.2) is 21.5 Å². The van der Waals surface area contributed by atoms with E-state index in [2.05, 4.69) is 10.4 Å². The number of ketones is 1. The summed E-state index contributed by atoms with van der Waals surface area (Å²) in [6.45, 7) is 5.39. The molecule has 5 heteroatoms. The number of benzene rings is 2. The molecule has 0 unspecified atom stereocenters. The summed E-state index contributed by atoms with van der Waals surface area (Å²) < 4.78 is 1.75. The van der Waals surface area contributed by atoms with Gasteiger partial charge in [0.15, 0.2) is 5.78 Å². The second-order valence-electron chi connectivity index (χ2n) is 5.98. The Morgan fingerprint density at radius 3 is 2.40 bits per heavy atom. The first-order chi connectivity index (χ1) is 12.0. The zero-order valence-corrected chi connectivity index (χ0v) is 14.4. The molecule has 0 bridgehead atoms. The summed E-state index contributed by atoms with van der Waals surface area (Å²) in [6.07, 6.45) is 1.57. The lowest BCUT2D eigenvalue weighted by Crippen LogP contribution is -2.13. The zero-order chi connectivity index (χ0) is 18.0. The number of carbonyl (C=O) groups excluding carboxylic acids is 2. The number of hydrogen-bond donors (Lipinski definition) is 1. The number of Topliss-reactive ketones (excluding diaryl/α,β-unsaturated/α-hetero) is 1. The van der Waals surface area contributed by atoms with Crippen LogP contribution in [0.5, 0.6) is 0 Å². The lowest BCUT2D eigenvalue weighted by molar-refractivity contribution is 0.101. The van der Waals surface area contributed by atoms with E-state index in [0.29, 0.717) is 16.8 Å². The van der Waals surface area contributed by atoms with Crippen LogP contribution in [-0.2, 0) is 0 Å². The van der Waals surface area contributed by atoms with E-state index in [1.54, 1.807) is 35.1 Å². The Balaban J connectivity index is 1.82. The highest BCUT2D eigenvalue weighted by molar-refractivity contribution is 6.05. The Kier molecular flexibility index (Phi) is 4.48. The van der Waals surface area contributed by atoms with Gasteiger partial charge in [-0.2, -0.15) is 5.10 Å². The van der Waals surface area contributed by atoms with E-state index in [1.807, 2.05) is 38.1 Å². The van der Waals surface area contributed by atoms with E-state index in [1.165, 1.54) is 6.92 Å². The normalized spacial score (nSPS) is 10.5. The molecule has 0 atom stereocenters. The van der Waals surface area contributed by atoms with Crippen molar-refractivity contribution < 1.29 is 9.59 Å². The van der Waals surface area contributed by atoms with Crippen LogP contribution in [0.2, 0.25) is 0 Å². The minimum atomic E-state index is -0.230. The van der Waals surface area contributed by atoms with Gasteiger partial charge in [-0.25, -0.2) is 4.68 Å². The lowest BCUT2D eigenvalue weighted by atomic mass is 10.1. The second kappa shape index (κ2) is 6.73. The monoisotopic (exact) mass is 333 g/mol. The molecule has 0 saturated carbocycles. The Labute approximate surface area is 146 Å². The summed E-state index contributed by atoms with van der Waals surface area (Å²) in [5.74, 6) is -0.236. The van der Waals surface area contributed by atoms with Crippen molar-refractivity contribution in [2.24, 2.45) is 0 Å². The maximum absolute atomic E-state index is 12.5. The minimum absolute atomic E-state index is 0.00634. The van der Waals surface area contributed by atoms with Crippen molar-refractivity contribution in [1.29, 1.82) is 0 Å². The van der Waals surface area contributed by atoms with Gasteiger partial charge in [0.05, 0.1) is 23.1 Å². The molecule has 25 heavy (non-hydrogen) atoms. The van der Waals surface area contributed by atoms with Crippen LogP contribution in [0.1, 0.15) is 38.9 Å². The number of aryl methyl sites for hydroxylation is 1. The molecule has 1 N–H and O–H groups in total. The largest absolute Gasteiger partial charge is 0.322 e. The molecule has 3 aromatic rings. The molecular formula is C20H19N3O2. The van der Waals surface area contributed by atoms with Gasteiger partial charge in [0, 0.05) is 11.3 Å². The highest BCUT2D eigenvalue weighted by Crippen LogP contribution is 2.17. The zero-order valence-electron chi connectivity index (χ0n) is 14.4. The van der Waals surface area contributed by atoms with Crippen LogP contribution in [0.3, 0.4) is 0 Å². The number of amides is 1. The minimum Gasteiger partial charge on any atom is -0.322 e. The number of nitrogens with zero attached hydrogens (tertiary/aromatic N) is 2. The number of rotatable bonds is 4. The molecule has 1 heterocycles. The molecule has 0 saturated heterocycles. The molecule has 2 aromatic carbocycles. The predicted molar refractivity (Wildman–Crippen MR) is 97.4 cm³/mol. The van der Waals surface area contributed by atoms with Crippen molar-refractivity contribution in [2.45, 2.75) is 20.8 Å². The van der Waals surface area contributed by atoms with Crippen molar-refractivity contribution in [3.63, 3.8) is 0 Å². The van der Waals surface area contributed by atoms with Crippen molar-refractivity contribution >= 4 is 17.4 Å². The third-order valence-corrected chi connectivity index (χ3v) is 4.05. The van der Waals surface area contributed by atoms with E-state index in [0.717, 1.165) is 16.9 Å². The number of nitrogens with one attached hydrogen (secondary N) is 1. The number of hydrogen-bond acceptors (Lipinski definition) is 3.